The molecular formula is C6H10NNaO4S. The molecule has 0 bridgehead atoms. The van der Waals surface area contributed by atoms with Crippen molar-refractivity contribution in [2.75, 3.05) is 5.75 Å². The van der Waals surface area contributed by atoms with Gasteiger partial charge in [-0.05, 0) is 6.92 Å². The summed E-state index contributed by atoms with van der Waals surface area (Å²) in [6, 6.07) is -0.754. The van der Waals surface area contributed by atoms with Gasteiger partial charge in [0.25, 0.3) is 0 Å². The van der Waals surface area contributed by atoms with Crippen LogP contribution in [-0.2, 0) is 9.59 Å². The van der Waals surface area contributed by atoms with Crippen LogP contribution in [0.25, 0.3) is 0 Å². The molecule has 3 N–H and O–H groups in total. The minimum atomic E-state index is -1.15. The van der Waals surface area contributed by atoms with E-state index in [1.807, 2.05) is 0 Å². The van der Waals surface area contributed by atoms with Crippen LogP contribution in [-0.4, -0.2) is 68.4 Å². The van der Waals surface area contributed by atoms with Crippen molar-refractivity contribution in [3.63, 3.8) is 0 Å². The van der Waals surface area contributed by atoms with Gasteiger partial charge in [0, 0.05) is 5.75 Å². The van der Waals surface area contributed by atoms with Crippen molar-refractivity contribution in [3.8, 4) is 0 Å². The van der Waals surface area contributed by atoms with Gasteiger partial charge in [-0.15, -0.1) is 11.8 Å². The molecule has 13 heavy (non-hydrogen) atoms. The van der Waals surface area contributed by atoms with Crippen molar-refractivity contribution in [1.29, 1.82) is 0 Å². The van der Waals surface area contributed by atoms with Gasteiger partial charge in [0.2, 0.25) is 0 Å². The zero-order chi connectivity index (χ0) is 9.35. The molecule has 0 aliphatic carbocycles. The number of thioether (sulfide) groups is 1. The molecule has 1 fully saturated rings. The molecule has 0 aromatic rings. The van der Waals surface area contributed by atoms with Gasteiger partial charge >= 0.3 is 41.5 Å². The second kappa shape index (κ2) is 4.65. The van der Waals surface area contributed by atoms with Gasteiger partial charge in [0.15, 0.2) is 4.87 Å². The van der Waals surface area contributed by atoms with Gasteiger partial charge in [-0.1, -0.05) is 0 Å². The first kappa shape index (κ1) is 13.2. The molecule has 0 amide bonds. The standard InChI is InChI=1S/C6H9NO4S.Na.H/c1-6(5(10)11)7-3(2-12-6)4(8)9;;/h3,7H,2H2,1H3,(H,8,9)(H,10,11);;. The molecular weight excluding hydrogens is 205 g/mol. The Morgan fingerprint density at radius 1 is 1.54 bits per heavy atom. The van der Waals surface area contributed by atoms with Crippen LogP contribution in [0.4, 0.5) is 0 Å². The Kier molecular flexibility index (Phi) is 4.74. The monoisotopic (exact) mass is 215 g/mol. The fraction of sp³-hybridized carbons (Fsp3) is 0.667. The van der Waals surface area contributed by atoms with E-state index in [1.165, 1.54) is 6.92 Å². The second-order valence-electron chi connectivity index (χ2n) is 2.68. The van der Waals surface area contributed by atoms with Crippen LogP contribution in [0.15, 0.2) is 0 Å². The number of carbonyl (C=O) groups is 2. The molecule has 1 saturated heterocycles. The summed E-state index contributed by atoms with van der Waals surface area (Å²) < 4.78 is 0. The first-order valence-corrected chi connectivity index (χ1v) is 4.32. The first-order chi connectivity index (χ1) is 5.46. The molecule has 0 saturated carbocycles. The molecule has 1 heterocycles. The van der Waals surface area contributed by atoms with E-state index in [9.17, 15) is 9.59 Å². The van der Waals surface area contributed by atoms with Gasteiger partial charge in [-0.3, -0.25) is 10.1 Å². The van der Waals surface area contributed by atoms with Gasteiger partial charge < -0.3 is 10.2 Å². The van der Waals surface area contributed by atoms with Crippen LogP contribution in [0, 0.1) is 0 Å². The fourth-order valence-electron chi connectivity index (χ4n) is 0.922. The molecule has 0 aromatic heterocycles. The molecule has 7 heteroatoms. The van der Waals surface area contributed by atoms with E-state index < -0.39 is 22.9 Å². The first-order valence-electron chi connectivity index (χ1n) is 3.33. The number of carboxylic acids is 2. The predicted octanol–water partition coefficient (Wildman–Crippen LogP) is -1.07. The molecule has 0 aromatic carbocycles. The van der Waals surface area contributed by atoms with E-state index in [0.29, 0.717) is 0 Å². The quantitative estimate of drug-likeness (QED) is 0.508. The molecule has 1 aliphatic heterocycles. The molecule has 1 aliphatic rings. The Labute approximate surface area is 102 Å². The molecule has 0 spiro atoms. The minimum absolute atomic E-state index is 0. The van der Waals surface area contributed by atoms with Crippen LogP contribution in [0.3, 0.4) is 0 Å². The van der Waals surface area contributed by atoms with Crippen LogP contribution < -0.4 is 5.32 Å². The van der Waals surface area contributed by atoms with E-state index in [4.69, 9.17) is 10.2 Å². The van der Waals surface area contributed by atoms with Gasteiger partial charge in [0.1, 0.15) is 6.04 Å². The van der Waals surface area contributed by atoms with Gasteiger partial charge in [0.05, 0.1) is 0 Å². The topological polar surface area (TPSA) is 86.6 Å². The van der Waals surface area contributed by atoms with Crippen LogP contribution in [0.2, 0.25) is 0 Å². The Morgan fingerprint density at radius 3 is 2.31 bits per heavy atom. The molecule has 1 rings (SSSR count). The Balaban J connectivity index is 0.00000144. The average Bonchev–Trinajstić information content (AvgIpc) is 2.33. The Bertz CT molecular complexity index is 237. The summed E-state index contributed by atoms with van der Waals surface area (Å²) in [4.78, 5) is 19.9. The summed E-state index contributed by atoms with van der Waals surface area (Å²) >= 11 is 1.10. The number of aliphatic carboxylic acids is 2. The second-order valence-corrected chi connectivity index (χ2v) is 4.12. The van der Waals surface area contributed by atoms with Crippen LogP contribution in [0.1, 0.15) is 6.92 Å². The molecule has 0 radical (unpaired) electrons. The Hall–Kier alpha value is 0.250. The van der Waals surface area contributed by atoms with Crippen molar-refractivity contribution in [2.24, 2.45) is 0 Å². The molecule has 2 atom stereocenters. The normalized spacial score (nSPS) is 32.2. The zero-order valence-electron chi connectivity index (χ0n) is 6.40. The maximum absolute atomic E-state index is 10.6. The van der Waals surface area contributed by atoms with Crippen molar-refractivity contribution in [3.05, 3.63) is 0 Å². The van der Waals surface area contributed by atoms with Crippen molar-refractivity contribution in [2.45, 2.75) is 17.8 Å². The summed E-state index contributed by atoms with van der Waals surface area (Å²) in [5, 5.41) is 19.8. The summed E-state index contributed by atoms with van der Waals surface area (Å²) in [5.41, 5.74) is 0. The van der Waals surface area contributed by atoms with E-state index in [-0.39, 0.29) is 35.3 Å². The number of nitrogens with one attached hydrogen (secondary N) is 1. The van der Waals surface area contributed by atoms with Crippen molar-refractivity contribution < 1.29 is 19.8 Å². The van der Waals surface area contributed by atoms with Gasteiger partial charge in [-0.25, -0.2) is 4.79 Å². The SMILES string of the molecule is CC1(C(=O)O)NC(C(=O)O)CS1.[NaH]. The zero-order valence-corrected chi connectivity index (χ0v) is 7.22. The molecule has 5 nitrogen and oxygen atoms in total. The Morgan fingerprint density at radius 2 is 2.08 bits per heavy atom. The number of rotatable bonds is 2. The van der Waals surface area contributed by atoms with Crippen LogP contribution in [0.5, 0.6) is 0 Å². The third kappa shape index (κ3) is 2.85. The molecule has 70 valence electrons. The third-order valence-corrected chi connectivity index (χ3v) is 3.06. The van der Waals surface area contributed by atoms with Crippen LogP contribution >= 0.6 is 11.8 Å². The maximum atomic E-state index is 10.6. The number of hydrogen-bond acceptors (Lipinski definition) is 4. The number of carboxylic acid groups (broad SMARTS) is 2. The molecule has 2 unspecified atom stereocenters. The van der Waals surface area contributed by atoms with Crippen molar-refractivity contribution in [1.82, 2.24) is 5.32 Å². The third-order valence-electron chi connectivity index (χ3n) is 1.69. The fourth-order valence-corrected chi connectivity index (χ4v) is 2.00. The average molecular weight is 215 g/mol. The van der Waals surface area contributed by atoms with E-state index >= 15 is 0 Å². The predicted molar refractivity (Wildman–Crippen MR) is 50.2 cm³/mol. The van der Waals surface area contributed by atoms with Gasteiger partial charge in [-0.2, -0.15) is 0 Å². The summed E-state index contributed by atoms with van der Waals surface area (Å²) in [6.07, 6.45) is 0. The van der Waals surface area contributed by atoms with E-state index in [1.54, 1.807) is 0 Å². The van der Waals surface area contributed by atoms with E-state index in [0.717, 1.165) is 11.8 Å². The number of hydrogen-bond donors (Lipinski definition) is 3. The summed E-state index contributed by atoms with van der Waals surface area (Å²) in [7, 11) is 0. The summed E-state index contributed by atoms with van der Waals surface area (Å²) in [5.74, 6) is -1.75. The summed E-state index contributed by atoms with van der Waals surface area (Å²) in [6.45, 7) is 1.46. The van der Waals surface area contributed by atoms with Crippen molar-refractivity contribution >= 4 is 53.3 Å². The van der Waals surface area contributed by atoms with E-state index in [2.05, 4.69) is 5.32 Å².